The van der Waals surface area contributed by atoms with E-state index in [9.17, 15) is 0 Å². The molecule has 0 saturated carbocycles. The summed E-state index contributed by atoms with van der Waals surface area (Å²) in [5.41, 5.74) is 8.31. The van der Waals surface area contributed by atoms with E-state index in [4.69, 9.17) is 22.1 Å². The smallest absolute Gasteiger partial charge is 0.220 e. The number of hydrogen-bond acceptors (Lipinski definition) is 4. The van der Waals surface area contributed by atoms with Gasteiger partial charge in [-0.3, -0.25) is 0 Å². The van der Waals surface area contributed by atoms with Gasteiger partial charge in [-0.15, -0.1) is 0 Å². The van der Waals surface area contributed by atoms with Crippen LogP contribution in [-0.4, -0.2) is 9.97 Å². The molecule has 1 aromatic heterocycles. The fourth-order valence-corrected chi connectivity index (χ4v) is 2.20. The molecule has 3 rings (SSSR count). The van der Waals surface area contributed by atoms with Crippen LogP contribution in [0.3, 0.4) is 0 Å². The molecule has 0 unspecified atom stereocenters. The topological polar surface area (TPSA) is 61.0 Å². The third kappa shape index (κ3) is 3.35. The molecule has 4 nitrogen and oxygen atoms in total. The van der Waals surface area contributed by atoms with E-state index in [1.165, 1.54) is 0 Å². The van der Waals surface area contributed by atoms with Gasteiger partial charge in [0, 0.05) is 16.8 Å². The quantitative estimate of drug-likeness (QED) is 0.792. The van der Waals surface area contributed by atoms with Crippen molar-refractivity contribution in [2.45, 2.75) is 6.61 Å². The molecule has 5 heteroatoms. The number of nitrogen functional groups attached to an aromatic ring is 1. The van der Waals surface area contributed by atoms with Crippen molar-refractivity contribution in [3.8, 4) is 17.0 Å². The molecule has 1 heterocycles. The maximum absolute atomic E-state index is 5.91. The lowest BCUT2D eigenvalue weighted by molar-refractivity contribution is 0.307. The summed E-state index contributed by atoms with van der Waals surface area (Å²) in [4.78, 5) is 8.15. The fourth-order valence-electron chi connectivity index (χ4n) is 2.07. The predicted molar refractivity (Wildman–Crippen MR) is 87.7 cm³/mol. The van der Waals surface area contributed by atoms with E-state index in [1.807, 2.05) is 48.5 Å². The summed E-state index contributed by atoms with van der Waals surface area (Å²) in [5, 5.41) is 0.709. The summed E-state index contributed by atoms with van der Waals surface area (Å²) in [6.45, 7) is 0.453. The summed E-state index contributed by atoms with van der Waals surface area (Å²) in [5.74, 6) is 0.987. The molecule has 2 aromatic carbocycles. The molecular formula is C17H14ClN3O. The molecule has 0 amide bonds. The van der Waals surface area contributed by atoms with Gasteiger partial charge in [0.1, 0.15) is 12.4 Å². The minimum absolute atomic E-state index is 0.241. The molecule has 0 aliphatic rings. The Balaban J connectivity index is 1.84. The van der Waals surface area contributed by atoms with E-state index >= 15 is 0 Å². The Morgan fingerprint density at radius 3 is 2.55 bits per heavy atom. The summed E-state index contributed by atoms with van der Waals surface area (Å²) < 4.78 is 5.91. The minimum atomic E-state index is 0.241. The average molecular weight is 312 g/mol. The van der Waals surface area contributed by atoms with Gasteiger partial charge in [-0.2, -0.15) is 0 Å². The summed E-state index contributed by atoms with van der Waals surface area (Å²) in [6, 6.07) is 17.1. The van der Waals surface area contributed by atoms with E-state index in [-0.39, 0.29) is 5.95 Å². The van der Waals surface area contributed by atoms with E-state index in [0.29, 0.717) is 11.6 Å². The number of ether oxygens (including phenoxy) is 1. The lowest BCUT2D eigenvalue weighted by atomic mass is 10.1. The predicted octanol–water partition coefficient (Wildman–Crippen LogP) is 3.96. The van der Waals surface area contributed by atoms with E-state index < -0.39 is 0 Å². The van der Waals surface area contributed by atoms with Gasteiger partial charge in [0.2, 0.25) is 5.95 Å². The Hall–Kier alpha value is -2.59. The number of nitrogens with two attached hydrogens (primary N) is 1. The van der Waals surface area contributed by atoms with Crippen molar-refractivity contribution in [1.82, 2.24) is 9.97 Å². The summed E-state index contributed by atoms with van der Waals surface area (Å²) >= 11 is 5.88. The van der Waals surface area contributed by atoms with Crippen LogP contribution < -0.4 is 10.5 Å². The van der Waals surface area contributed by atoms with Gasteiger partial charge in [0.05, 0.1) is 5.69 Å². The molecule has 0 aliphatic heterocycles. The van der Waals surface area contributed by atoms with Gasteiger partial charge >= 0.3 is 0 Å². The van der Waals surface area contributed by atoms with Crippen LogP contribution >= 0.6 is 11.6 Å². The first-order valence-corrected chi connectivity index (χ1v) is 7.15. The molecule has 0 atom stereocenters. The van der Waals surface area contributed by atoms with Crippen molar-refractivity contribution in [1.29, 1.82) is 0 Å². The second-order valence-corrected chi connectivity index (χ2v) is 5.15. The maximum Gasteiger partial charge on any atom is 0.220 e. The molecule has 0 radical (unpaired) electrons. The Morgan fingerprint density at radius 1 is 1.00 bits per heavy atom. The van der Waals surface area contributed by atoms with Crippen molar-refractivity contribution in [2.24, 2.45) is 0 Å². The van der Waals surface area contributed by atoms with E-state index in [2.05, 4.69) is 9.97 Å². The van der Waals surface area contributed by atoms with Crippen molar-refractivity contribution in [2.75, 3.05) is 5.73 Å². The lowest BCUT2D eigenvalue weighted by Crippen LogP contribution is -1.99. The normalized spacial score (nSPS) is 10.4. The molecule has 0 bridgehead atoms. The molecule has 110 valence electrons. The van der Waals surface area contributed by atoms with Gasteiger partial charge in [-0.1, -0.05) is 35.9 Å². The highest BCUT2D eigenvalue weighted by Gasteiger charge is 2.08. The van der Waals surface area contributed by atoms with Crippen LogP contribution in [0, 0.1) is 0 Å². The minimum Gasteiger partial charge on any atom is -0.488 e. The highest BCUT2D eigenvalue weighted by atomic mass is 35.5. The van der Waals surface area contributed by atoms with Crippen LogP contribution in [0.4, 0.5) is 5.95 Å². The monoisotopic (exact) mass is 311 g/mol. The number of aromatic nitrogens is 2. The summed E-state index contributed by atoms with van der Waals surface area (Å²) in [7, 11) is 0. The highest BCUT2D eigenvalue weighted by Crippen LogP contribution is 2.29. The highest BCUT2D eigenvalue weighted by molar-refractivity contribution is 6.30. The number of hydrogen-bond donors (Lipinski definition) is 1. The molecule has 0 aliphatic carbocycles. The molecule has 22 heavy (non-hydrogen) atoms. The van der Waals surface area contributed by atoms with Crippen molar-refractivity contribution >= 4 is 17.5 Å². The Labute approximate surface area is 133 Å². The molecule has 3 aromatic rings. The molecule has 0 saturated heterocycles. The summed E-state index contributed by atoms with van der Waals surface area (Å²) in [6.07, 6.45) is 1.63. The average Bonchev–Trinajstić information content (AvgIpc) is 2.55. The van der Waals surface area contributed by atoms with Crippen LogP contribution in [0.5, 0.6) is 5.75 Å². The molecule has 2 N–H and O–H groups in total. The third-order valence-electron chi connectivity index (χ3n) is 3.14. The zero-order valence-corrected chi connectivity index (χ0v) is 12.5. The lowest BCUT2D eigenvalue weighted by Gasteiger charge is -2.11. The van der Waals surface area contributed by atoms with Crippen LogP contribution in [0.15, 0.2) is 60.8 Å². The fraction of sp³-hybridized carbons (Fsp3) is 0.0588. The number of benzene rings is 2. The van der Waals surface area contributed by atoms with Crippen LogP contribution in [0.1, 0.15) is 5.56 Å². The van der Waals surface area contributed by atoms with E-state index in [0.717, 1.165) is 22.6 Å². The van der Waals surface area contributed by atoms with Crippen molar-refractivity contribution in [3.05, 3.63) is 71.4 Å². The number of rotatable bonds is 4. The third-order valence-corrected chi connectivity index (χ3v) is 3.40. The van der Waals surface area contributed by atoms with Gasteiger partial charge in [-0.05, 0) is 35.9 Å². The number of halogens is 1. The van der Waals surface area contributed by atoms with Crippen LogP contribution in [0.2, 0.25) is 5.02 Å². The number of para-hydroxylation sites is 1. The van der Waals surface area contributed by atoms with Gasteiger partial charge in [0.25, 0.3) is 0 Å². The van der Waals surface area contributed by atoms with Crippen molar-refractivity contribution in [3.63, 3.8) is 0 Å². The van der Waals surface area contributed by atoms with E-state index in [1.54, 1.807) is 12.3 Å². The van der Waals surface area contributed by atoms with Crippen LogP contribution in [-0.2, 0) is 6.61 Å². The first-order valence-electron chi connectivity index (χ1n) is 6.77. The number of anilines is 1. The maximum atomic E-state index is 5.91. The SMILES string of the molecule is Nc1nccc(-c2ccccc2OCc2ccc(Cl)cc2)n1. The van der Waals surface area contributed by atoms with Gasteiger partial charge in [-0.25, -0.2) is 9.97 Å². The Kier molecular flexibility index (Phi) is 4.21. The molecular weight excluding hydrogens is 298 g/mol. The standard InChI is InChI=1S/C17H14ClN3O/c18-13-7-5-12(6-8-13)11-22-16-4-2-1-3-14(16)15-9-10-20-17(19)21-15/h1-10H,11H2,(H2,19,20,21). The van der Waals surface area contributed by atoms with Crippen molar-refractivity contribution < 1.29 is 4.74 Å². The van der Waals surface area contributed by atoms with Gasteiger partial charge in [0.15, 0.2) is 0 Å². The van der Waals surface area contributed by atoms with Crippen LogP contribution in [0.25, 0.3) is 11.3 Å². The Bertz CT molecular complexity index is 775. The first-order chi connectivity index (χ1) is 10.7. The van der Waals surface area contributed by atoms with Gasteiger partial charge < -0.3 is 10.5 Å². The number of nitrogens with zero attached hydrogens (tertiary/aromatic N) is 2. The molecule has 0 spiro atoms. The largest absolute Gasteiger partial charge is 0.488 e. The second-order valence-electron chi connectivity index (χ2n) is 4.71. The zero-order valence-electron chi connectivity index (χ0n) is 11.7. The second kappa shape index (κ2) is 6.45. The zero-order chi connectivity index (χ0) is 15.4. The Morgan fingerprint density at radius 2 is 1.77 bits per heavy atom. The first kappa shape index (κ1) is 14.4. The molecule has 0 fully saturated rings.